The summed E-state index contributed by atoms with van der Waals surface area (Å²) in [5.74, 6) is 0.366. The lowest BCUT2D eigenvalue weighted by Crippen LogP contribution is -2.33. The number of halogens is 2. The average molecular weight is 276 g/mol. The second-order valence-electron chi connectivity index (χ2n) is 4.59. The summed E-state index contributed by atoms with van der Waals surface area (Å²) in [5.41, 5.74) is 0. The third-order valence-electron chi connectivity index (χ3n) is 2.27. The normalized spacial score (nSPS) is 12.8. The monoisotopic (exact) mass is 275 g/mol. The fourth-order valence-corrected chi connectivity index (χ4v) is 1.47. The summed E-state index contributed by atoms with van der Waals surface area (Å²) in [5, 5.41) is 12.8. The molecule has 0 spiro atoms. The molecule has 102 valence electrons. The van der Waals surface area contributed by atoms with Gasteiger partial charge in [-0.25, -0.2) is 4.39 Å². The average Bonchev–Trinajstić information content (AvgIpc) is 2.30. The minimum Gasteiger partial charge on any atom is -0.491 e. The van der Waals surface area contributed by atoms with Crippen molar-refractivity contribution in [1.29, 1.82) is 0 Å². The maximum absolute atomic E-state index is 13.1. The summed E-state index contributed by atoms with van der Waals surface area (Å²) < 4.78 is 18.4. The highest BCUT2D eigenvalue weighted by Gasteiger charge is 2.07. The molecule has 0 heterocycles. The van der Waals surface area contributed by atoms with Crippen LogP contribution >= 0.6 is 11.6 Å². The van der Waals surface area contributed by atoms with Crippen LogP contribution in [0.5, 0.6) is 5.75 Å². The lowest BCUT2D eigenvalue weighted by molar-refractivity contribution is 0.105. The molecule has 1 atom stereocenters. The maximum Gasteiger partial charge on any atom is 0.145 e. The van der Waals surface area contributed by atoms with Gasteiger partial charge < -0.3 is 15.2 Å². The predicted molar refractivity (Wildman–Crippen MR) is 70.6 cm³/mol. The highest BCUT2D eigenvalue weighted by molar-refractivity contribution is 6.30. The zero-order valence-corrected chi connectivity index (χ0v) is 11.4. The largest absolute Gasteiger partial charge is 0.491 e. The molecule has 3 nitrogen and oxygen atoms in total. The molecular formula is C13H19ClFNO2. The van der Waals surface area contributed by atoms with Crippen LogP contribution < -0.4 is 10.1 Å². The van der Waals surface area contributed by atoms with Crippen LogP contribution in [0.2, 0.25) is 5.02 Å². The van der Waals surface area contributed by atoms with Crippen molar-refractivity contribution >= 4 is 11.6 Å². The second-order valence-corrected chi connectivity index (χ2v) is 5.00. The van der Waals surface area contributed by atoms with Gasteiger partial charge in [0, 0.05) is 12.6 Å². The fourth-order valence-electron chi connectivity index (χ4n) is 1.36. The predicted octanol–water partition coefficient (Wildman–Crippen LogP) is 2.46. The fraction of sp³-hybridized carbons (Fsp3) is 0.538. The third kappa shape index (κ3) is 5.67. The molecule has 1 unspecified atom stereocenters. The first-order chi connectivity index (χ1) is 8.49. The van der Waals surface area contributed by atoms with Gasteiger partial charge in [-0.05, 0) is 24.6 Å². The Morgan fingerprint density at radius 3 is 2.72 bits per heavy atom. The van der Waals surface area contributed by atoms with Gasteiger partial charge in [0.2, 0.25) is 0 Å². The SMILES string of the molecule is CC(C)CNCC(O)COc1ccc(Cl)c(F)c1. The van der Waals surface area contributed by atoms with E-state index in [2.05, 4.69) is 19.2 Å². The number of hydrogen-bond acceptors (Lipinski definition) is 3. The zero-order valence-electron chi connectivity index (χ0n) is 10.6. The Kier molecular flexibility index (Phi) is 6.39. The molecule has 0 aliphatic rings. The molecule has 2 N–H and O–H groups in total. The summed E-state index contributed by atoms with van der Waals surface area (Å²) in [6.45, 7) is 5.59. The summed E-state index contributed by atoms with van der Waals surface area (Å²) in [6, 6.07) is 4.20. The van der Waals surface area contributed by atoms with Gasteiger partial charge in [0.25, 0.3) is 0 Å². The summed E-state index contributed by atoms with van der Waals surface area (Å²) in [7, 11) is 0. The van der Waals surface area contributed by atoms with E-state index < -0.39 is 11.9 Å². The van der Waals surface area contributed by atoms with Gasteiger partial charge in [-0.1, -0.05) is 25.4 Å². The Bertz CT molecular complexity index is 374. The van der Waals surface area contributed by atoms with E-state index in [9.17, 15) is 9.50 Å². The van der Waals surface area contributed by atoms with Gasteiger partial charge in [0.15, 0.2) is 0 Å². The molecule has 0 saturated carbocycles. The van der Waals surface area contributed by atoms with Crippen LogP contribution in [0.1, 0.15) is 13.8 Å². The zero-order chi connectivity index (χ0) is 13.5. The molecule has 0 bridgehead atoms. The lowest BCUT2D eigenvalue weighted by atomic mass is 10.2. The summed E-state index contributed by atoms with van der Waals surface area (Å²) >= 11 is 5.55. The van der Waals surface area contributed by atoms with E-state index in [1.54, 1.807) is 6.07 Å². The maximum atomic E-state index is 13.1. The van der Waals surface area contributed by atoms with Crippen molar-refractivity contribution in [1.82, 2.24) is 5.32 Å². The third-order valence-corrected chi connectivity index (χ3v) is 2.57. The molecule has 18 heavy (non-hydrogen) atoms. The Morgan fingerprint density at radius 1 is 1.39 bits per heavy atom. The first-order valence-corrected chi connectivity index (χ1v) is 6.33. The van der Waals surface area contributed by atoms with Crippen molar-refractivity contribution in [3.05, 3.63) is 29.0 Å². The van der Waals surface area contributed by atoms with E-state index in [0.717, 1.165) is 6.54 Å². The van der Waals surface area contributed by atoms with Gasteiger partial charge in [-0.15, -0.1) is 0 Å². The molecule has 0 aliphatic carbocycles. The van der Waals surface area contributed by atoms with Crippen molar-refractivity contribution < 1.29 is 14.2 Å². The van der Waals surface area contributed by atoms with Crippen molar-refractivity contribution in [3.63, 3.8) is 0 Å². The Balaban J connectivity index is 2.29. The number of nitrogens with one attached hydrogen (secondary N) is 1. The quantitative estimate of drug-likeness (QED) is 0.803. The molecule has 0 aromatic heterocycles. The van der Waals surface area contributed by atoms with Crippen molar-refractivity contribution in [3.8, 4) is 5.75 Å². The second kappa shape index (κ2) is 7.56. The first-order valence-electron chi connectivity index (χ1n) is 5.95. The number of aliphatic hydroxyl groups excluding tert-OH is 1. The van der Waals surface area contributed by atoms with Gasteiger partial charge in [-0.3, -0.25) is 0 Å². The molecule has 0 fully saturated rings. The molecule has 1 rings (SSSR count). The van der Waals surface area contributed by atoms with Gasteiger partial charge in [0.05, 0.1) is 5.02 Å². The van der Waals surface area contributed by atoms with E-state index in [0.29, 0.717) is 18.2 Å². The summed E-state index contributed by atoms with van der Waals surface area (Å²) in [6.07, 6.45) is -0.623. The van der Waals surface area contributed by atoms with E-state index in [1.807, 2.05) is 0 Å². The van der Waals surface area contributed by atoms with Crippen LogP contribution in [-0.2, 0) is 0 Å². The van der Waals surface area contributed by atoms with Crippen LogP contribution in [0.3, 0.4) is 0 Å². The molecule has 0 saturated heterocycles. The van der Waals surface area contributed by atoms with Gasteiger partial charge >= 0.3 is 0 Å². The molecule has 1 aromatic carbocycles. The van der Waals surface area contributed by atoms with Crippen LogP contribution in [0.15, 0.2) is 18.2 Å². The Morgan fingerprint density at radius 2 is 2.11 bits per heavy atom. The number of benzene rings is 1. The topological polar surface area (TPSA) is 41.5 Å². The van der Waals surface area contributed by atoms with Crippen LogP contribution in [0.25, 0.3) is 0 Å². The number of ether oxygens (including phenoxy) is 1. The Hall–Kier alpha value is -0.840. The van der Waals surface area contributed by atoms with Crippen LogP contribution in [0, 0.1) is 11.7 Å². The highest BCUT2D eigenvalue weighted by atomic mass is 35.5. The van der Waals surface area contributed by atoms with Crippen LogP contribution in [-0.4, -0.2) is 30.9 Å². The van der Waals surface area contributed by atoms with Crippen molar-refractivity contribution in [2.75, 3.05) is 19.7 Å². The highest BCUT2D eigenvalue weighted by Crippen LogP contribution is 2.20. The standard InChI is InChI=1S/C13H19ClFNO2/c1-9(2)6-16-7-10(17)8-18-11-3-4-12(14)13(15)5-11/h3-5,9-10,16-17H,6-8H2,1-2H3. The van der Waals surface area contributed by atoms with E-state index in [1.165, 1.54) is 12.1 Å². The Labute approximate surface area is 112 Å². The molecule has 0 aliphatic heterocycles. The van der Waals surface area contributed by atoms with E-state index >= 15 is 0 Å². The minimum absolute atomic E-state index is 0.0569. The smallest absolute Gasteiger partial charge is 0.145 e. The molecule has 0 radical (unpaired) electrons. The van der Waals surface area contributed by atoms with Gasteiger partial charge in [0.1, 0.15) is 24.3 Å². The lowest BCUT2D eigenvalue weighted by Gasteiger charge is -2.14. The molecule has 5 heteroatoms. The molecule has 0 amide bonds. The summed E-state index contributed by atoms with van der Waals surface area (Å²) in [4.78, 5) is 0. The number of hydrogen-bond donors (Lipinski definition) is 2. The van der Waals surface area contributed by atoms with Crippen LogP contribution in [0.4, 0.5) is 4.39 Å². The van der Waals surface area contributed by atoms with Crippen molar-refractivity contribution in [2.24, 2.45) is 5.92 Å². The first kappa shape index (κ1) is 15.2. The van der Waals surface area contributed by atoms with Crippen molar-refractivity contribution in [2.45, 2.75) is 20.0 Å². The minimum atomic E-state index is -0.623. The van der Waals surface area contributed by atoms with E-state index in [-0.39, 0.29) is 11.6 Å². The van der Waals surface area contributed by atoms with Gasteiger partial charge in [-0.2, -0.15) is 0 Å². The molecular weight excluding hydrogens is 257 g/mol. The number of rotatable bonds is 7. The molecule has 1 aromatic rings. The number of aliphatic hydroxyl groups is 1. The van der Waals surface area contributed by atoms with E-state index in [4.69, 9.17) is 16.3 Å².